The predicted octanol–water partition coefficient (Wildman–Crippen LogP) is 5.49. The van der Waals surface area contributed by atoms with Crippen LogP contribution in [0.5, 0.6) is 0 Å². The summed E-state index contributed by atoms with van der Waals surface area (Å²) in [6, 6.07) is 21.5. The highest BCUT2D eigenvalue weighted by atomic mass is 19.1. The zero-order valence-corrected chi connectivity index (χ0v) is 18.4. The average molecular weight is 452 g/mol. The molecule has 0 aliphatic rings. The Labute approximate surface area is 193 Å². The predicted molar refractivity (Wildman–Crippen MR) is 126 cm³/mol. The Morgan fingerprint density at radius 3 is 2.29 bits per heavy atom. The lowest BCUT2D eigenvalue weighted by atomic mass is 10.00. The maximum absolute atomic E-state index is 15.1. The van der Waals surface area contributed by atoms with Crippen LogP contribution in [0.15, 0.2) is 77.6 Å². The number of fused-ring (bicyclic) bond motifs is 1. The normalized spacial score (nSPS) is 11.0. The lowest BCUT2D eigenvalue weighted by Crippen LogP contribution is -2.22. The van der Waals surface area contributed by atoms with Crippen LogP contribution in [0, 0.1) is 29.9 Å². The van der Waals surface area contributed by atoms with Gasteiger partial charge in [0.25, 0.3) is 5.56 Å². The van der Waals surface area contributed by atoms with Crippen molar-refractivity contribution in [1.29, 1.82) is 5.26 Å². The van der Waals surface area contributed by atoms with Crippen LogP contribution in [0.4, 0.5) is 8.78 Å². The van der Waals surface area contributed by atoms with E-state index in [2.05, 4.69) is 11.2 Å². The Kier molecular flexibility index (Phi) is 5.06. The van der Waals surface area contributed by atoms with Gasteiger partial charge in [-0.2, -0.15) is 14.9 Å². The highest BCUT2D eigenvalue weighted by Gasteiger charge is 2.25. The second-order valence-electron chi connectivity index (χ2n) is 7.98. The number of aryl methyl sites for hydroxylation is 1. The van der Waals surface area contributed by atoms with E-state index in [9.17, 15) is 9.18 Å². The number of benzene rings is 3. The number of hydrogen-bond donors (Lipinski definition) is 0. The molecule has 0 atom stereocenters. The van der Waals surface area contributed by atoms with Gasteiger partial charge in [-0.3, -0.25) is 4.79 Å². The van der Waals surface area contributed by atoms with Crippen LogP contribution in [0.3, 0.4) is 0 Å². The number of hydrogen-bond acceptors (Lipinski definition) is 3. The third kappa shape index (κ3) is 3.28. The summed E-state index contributed by atoms with van der Waals surface area (Å²) in [7, 11) is 1.77. The molecule has 7 heteroatoms. The highest BCUT2D eigenvalue weighted by Crippen LogP contribution is 2.37. The molecular weight excluding hydrogens is 434 g/mol. The zero-order valence-electron chi connectivity index (χ0n) is 18.4. The topological polar surface area (TPSA) is 63.1 Å². The number of nitrogens with zero attached hydrogens (tertiary/aromatic N) is 4. The third-order valence-electron chi connectivity index (χ3n) is 5.92. The van der Waals surface area contributed by atoms with Crippen molar-refractivity contribution in [3.05, 3.63) is 106 Å². The van der Waals surface area contributed by atoms with Gasteiger partial charge in [0.15, 0.2) is 0 Å². The number of nitriles is 1. The summed E-state index contributed by atoms with van der Waals surface area (Å²) in [6.45, 7) is 1.71. The fraction of sp³-hybridized carbons (Fsp3) is 0.0741. The summed E-state index contributed by atoms with van der Waals surface area (Å²) in [5.41, 5.74) is 3.95. The first-order chi connectivity index (χ1) is 16.4. The zero-order chi connectivity index (χ0) is 24.0. The van der Waals surface area contributed by atoms with E-state index in [1.54, 1.807) is 42.8 Å². The number of rotatable bonds is 3. The Morgan fingerprint density at radius 1 is 0.941 bits per heavy atom. The van der Waals surface area contributed by atoms with Crippen molar-refractivity contribution >= 4 is 5.65 Å². The first-order valence-electron chi connectivity index (χ1n) is 10.5. The van der Waals surface area contributed by atoms with Crippen LogP contribution in [0.25, 0.3) is 39.3 Å². The second kappa shape index (κ2) is 8.09. The summed E-state index contributed by atoms with van der Waals surface area (Å²) in [5.74, 6) is -1.44. The van der Waals surface area contributed by atoms with Crippen molar-refractivity contribution in [2.75, 3.05) is 0 Å². The van der Waals surface area contributed by atoms with Crippen molar-refractivity contribution in [3.8, 4) is 39.7 Å². The molecule has 166 valence electrons. The molecule has 0 bridgehead atoms. The van der Waals surface area contributed by atoms with E-state index in [1.165, 1.54) is 16.6 Å². The second-order valence-corrected chi connectivity index (χ2v) is 7.98. The first kappa shape index (κ1) is 21.3. The van der Waals surface area contributed by atoms with Gasteiger partial charge in [-0.25, -0.2) is 8.78 Å². The summed E-state index contributed by atoms with van der Waals surface area (Å²) >= 11 is 0. The van der Waals surface area contributed by atoms with Gasteiger partial charge >= 0.3 is 0 Å². The van der Waals surface area contributed by atoms with Gasteiger partial charge in [-0.15, -0.1) is 0 Å². The molecule has 0 aliphatic heterocycles. The van der Waals surface area contributed by atoms with E-state index in [4.69, 9.17) is 5.26 Å². The molecule has 34 heavy (non-hydrogen) atoms. The Bertz CT molecular complexity index is 1660. The van der Waals surface area contributed by atoms with Crippen LogP contribution in [-0.4, -0.2) is 14.2 Å². The minimum atomic E-state index is -0.750. The van der Waals surface area contributed by atoms with Gasteiger partial charge in [0.2, 0.25) is 0 Å². The quantitative estimate of drug-likeness (QED) is 0.364. The molecule has 2 aromatic heterocycles. The minimum absolute atomic E-state index is 0.139. The highest BCUT2D eigenvalue weighted by molar-refractivity contribution is 5.92. The van der Waals surface area contributed by atoms with Gasteiger partial charge in [-0.05, 0) is 36.8 Å². The SMILES string of the molecule is Cc1c(-c2ccc(C#N)cc2)n(C)c2c(-c3ccc(F)cc3F)c(-c3ccccc3)nn2c1=O. The largest absolute Gasteiger partial charge is 0.328 e. The first-order valence-corrected chi connectivity index (χ1v) is 10.5. The molecular formula is C27H18F2N4O. The number of halogens is 2. The van der Waals surface area contributed by atoms with E-state index < -0.39 is 11.6 Å². The molecule has 0 unspecified atom stereocenters. The average Bonchev–Trinajstić information content (AvgIpc) is 3.24. The van der Waals surface area contributed by atoms with E-state index in [1.807, 2.05) is 30.3 Å². The standard InChI is InChI=1S/C27H18F2N4O/c1-16-25(19-10-8-17(15-30)9-11-19)32(2)26-23(21-13-12-20(28)14-22(21)29)24(31-33(26)27(16)34)18-6-4-3-5-7-18/h3-14H,1-2H3. The molecule has 0 saturated heterocycles. The molecule has 0 saturated carbocycles. The molecule has 0 spiro atoms. The summed E-state index contributed by atoms with van der Waals surface area (Å²) in [6.07, 6.45) is 0. The lowest BCUT2D eigenvalue weighted by Gasteiger charge is -2.15. The monoisotopic (exact) mass is 452 g/mol. The fourth-order valence-electron chi connectivity index (χ4n) is 4.33. The molecule has 5 aromatic rings. The fourth-order valence-corrected chi connectivity index (χ4v) is 4.33. The molecule has 5 nitrogen and oxygen atoms in total. The van der Waals surface area contributed by atoms with Crippen LogP contribution >= 0.6 is 0 Å². The van der Waals surface area contributed by atoms with Crippen molar-refractivity contribution in [1.82, 2.24) is 14.2 Å². The smallest absolute Gasteiger partial charge is 0.277 e. The molecule has 0 aliphatic carbocycles. The van der Waals surface area contributed by atoms with Gasteiger partial charge in [0.05, 0.1) is 22.9 Å². The molecule has 0 radical (unpaired) electrons. The Balaban J connectivity index is 1.93. The third-order valence-corrected chi connectivity index (χ3v) is 5.92. The van der Waals surface area contributed by atoms with Gasteiger partial charge < -0.3 is 4.57 Å². The summed E-state index contributed by atoms with van der Waals surface area (Å²) in [5, 5.41) is 13.7. The van der Waals surface area contributed by atoms with Gasteiger partial charge in [-0.1, -0.05) is 42.5 Å². The van der Waals surface area contributed by atoms with Crippen molar-refractivity contribution in [2.45, 2.75) is 6.92 Å². The van der Waals surface area contributed by atoms with E-state index in [0.717, 1.165) is 11.6 Å². The maximum Gasteiger partial charge on any atom is 0.277 e. The van der Waals surface area contributed by atoms with Crippen molar-refractivity contribution < 1.29 is 8.78 Å². The lowest BCUT2D eigenvalue weighted by molar-refractivity contribution is 0.585. The van der Waals surface area contributed by atoms with Crippen molar-refractivity contribution in [3.63, 3.8) is 0 Å². The molecule has 2 heterocycles. The van der Waals surface area contributed by atoms with Crippen LogP contribution in [0.2, 0.25) is 0 Å². The van der Waals surface area contributed by atoms with E-state index in [0.29, 0.717) is 39.3 Å². The van der Waals surface area contributed by atoms with Gasteiger partial charge in [0.1, 0.15) is 23.0 Å². The molecule has 0 fully saturated rings. The van der Waals surface area contributed by atoms with Crippen LogP contribution in [0.1, 0.15) is 11.1 Å². The Hall–Kier alpha value is -4.57. The van der Waals surface area contributed by atoms with E-state index >= 15 is 4.39 Å². The molecule has 0 amide bonds. The van der Waals surface area contributed by atoms with Crippen LogP contribution < -0.4 is 5.56 Å². The van der Waals surface area contributed by atoms with Gasteiger partial charge in [0, 0.05) is 29.8 Å². The van der Waals surface area contributed by atoms with E-state index in [-0.39, 0.29) is 11.1 Å². The minimum Gasteiger partial charge on any atom is -0.328 e. The number of aromatic nitrogens is 3. The Morgan fingerprint density at radius 2 is 1.65 bits per heavy atom. The molecule has 0 N–H and O–H groups in total. The molecule has 5 rings (SSSR count). The van der Waals surface area contributed by atoms with Crippen LogP contribution in [-0.2, 0) is 7.05 Å². The maximum atomic E-state index is 15.1. The molecule has 3 aromatic carbocycles. The van der Waals surface area contributed by atoms with Crippen molar-refractivity contribution in [2.24, 2.45) is 7.05 Å². The summed E-state index contributed by atoms with van der Waals surface area (Å²) in [4.78, 5) is 13.4. The summed E-state index contributed by atoms with van der Waals surface area (Å²) < 4.78 is 31.8.